The molecule has 1 rings (SSSR count). The van der Waals surface area contributed by atoms with Crippen LogP contribution in [0.15, 0.2) is 29.0 Å². The van der Waals surface area contributed by atoms with E-state index in [9.17, 15) is 14.5 Å². The summed E-state index contributed by atoms with van der Waals surface area (Å²) in [6.45, 7) is 2.69. The Labute approximate surface area is 127 Å². The minimum Gasteiger partial charge on any atom is -0.575 e. The second-order valence-corrected chi connectivity index (χ2v) is 5.42. The smallest absolute Gasteiger partial charge is 0.395 e. The van der Waals surface area contributed by atoms with Crippen LogP contribution in [-0.4, -0.2) is 29.1 Å². The Balaban J connectivity index is 2.67. The van der Waals surface area contributed by atoms with Crippen molar-refractivity contribution in [1.82, 2.24) is 5.32 Å². The Morgan fingerprint density at radius 1 is 1.43 bits per heavy atom. The van der Waals surface area contributed by atoms with E-state index in [1.165, 1.54) is 19.9 Å². The number of carboxylic acids is 1. The van der Waals surface area contributed by atoms with Crippen LogP contribution in [-0.2, 0) is 9.59 Å². The lowest BCUT2D eigenvalue weighted by Crippen LogP contribution is -2.42. The third-order valence-electron chi connectivity index (χ3n) is 2.39. The van der Waals surface area contributed by atoms with Crippen LogP contribution in [0, 0.1) is 0 Å². The van der Waals surface area contributed by atoms with Crippen molar-refractivity contribution < 1.29 is 24.1 Å². The lowest BCUT2D eigenvalue weighted by atomic mass is 10.3. The van der Waals surface area contributed by atoms with Crippen molar-refractivity contribution >= 4 is 31.6 Å². The first-order valence-electron chi connectivity index (χ1n) is 5.95. The third kappa shape index (κ3) is 5.67. The first-order chi connectivity index (χ1) is 9.81. The number of carbonyl (C=O) groups excluding carboxylic acids is 1. The van der Waals surface area contributed by atoms with Crippen LogP contribution in [0.3, 0.4) is 0 Å². The molecule has 0 aliphatic carbocycles. The SMILES string of the molecule is C[C@H](N=[P+]([O-])Oc1ccccc1Cl)C(=O)N[C@@H](C)C(=O)O. The zero-order valence-electron chi connectivity index (χ0n) is 11.3. The van der Waals surface area contributed by atoms with E-state index in [2.05, 4.69) is 10.1 Å². The van der Waals surface area contributed by atoms with Crippen LogP contribution >= 0.6 is 19.8 Å². The Bertz CT molecular complexity index is 566. The van der Waals surface area contributed by atoms with Crippen LogP contribution in [0.25, 0.3) is 0 Å². The summed E-state index contributed by atoms with van der Waals surface area (Å²) in [4.78, 5) is 34.0. The van der Waals surface area contributed by atoms with Gasteiger partial charge in [-0.1, -0.05) is 28.5 Å². The lowest BCUT2D eigenvalue weighted by Gasteiger charge is -2.10. The molecule has 0 aromatic heterocycles. The van der Waals surface area contributed by atoms with Crippen LogP contribution in [0.4, 0.5) is 0 Å². The maximum absolute atomic E-state index is 11.7. The number of hydrogen-bond acceptors (Lipinski definition) is 5. The van der Waals surface area contributed by atoms with Crippen molar-refractivity contribution in [2.45, 2.75) is 25.9 Å². The molecule has 1 unspecified atom stereocenters. The van der Waals surface area contributed by atoms with Gasteiger partial charge in [-0.2, -0.15) is 0 Å². The molecule has 0 heterocycles. The number of aliphatic carboxylic acids is 1. The molecule has 0 saturated carbocycles. The normalized spacial score (nSPS) is 14.2. The Hall–Kier alpha value is -1.69. The standard InChI is InChI=1S/C12H14ClN2O5P/c1-7(11(16)14-8(2)12(17)18)15-21(19)20-10-6-4-3-5-9(10)13/h3-8H,1-2H3,(H,14,16)(H,17,18)/t7-,8-/m0/s1. The topological polar surface area (TPSA) is 111 Å². The predicted octanol–water partition coefficient (Wildman–Crippen LogP) is 1.55. The van der Waals surface area contributed by atoms with E-state index in [0.29, 0.717) is 0 Å². The summed E-state index contributed by atoms with van der Waals surface area (Å²) in [6.07, 6.45) is 0. The van der Waals surface area contributed by atoms with E-state index >= 15 is 0 Å². The van der Waals surface area contributed by atoms with Gasteiger partial charge in [-0.25, -0.2) is 0 Å². The fraction of sp³-hybridized carbons (Fsp3) is 0.333. The van der Waals surface area contributed by atoms with Gasteiger partial charge in [0.1, 0.15) is 6.04 Å². The molecule has 2 N–H and O–H groups in total. The molecule has 0 saturated heterocycles. The van der Waals surface area contributed by atoms with E-state index in [-0.39, 0.29) is 10.8 Å². The summed E-state index contributed by atoms with van der Waals surface area (Å²) in [7, 11) is -2.50. The van der Waals surface area contributed by atoms with Gasteiger partial charge >= 0.3 is 14.1 Å². The van der Waals surface area contributed by atoms with Crippen LogP contribution in [0.2, 0.25) is 5.02 Å². The summed E-state index contributed by atoms with van der Waals surface area (Å²) in [5.41, 5.74) is 0. The fourth-order valence-corrected chi connectivity index (χ4v) is 2.21. The number of carboxylic acid groups (broad SMARTS) is 1. The van der Waals surface area contributed by atoms with Gasteiger partial charge in [-0.3, -0.25) is 14.1 Å². The molecule has 1 aromatic carbocycles. The summed E-state index contributed by atoms with van der Waals surface area (Å²) >= 11 is 5.83. The van der Waals surface area contributed by atoms with Crippen molar-refractivity contribution in [2.75, 3.05) is 0 Å². The average Bonchev–Trinajstić information content (AvgIpc) is 2.40. The van der Waals surface area contributed by atoms with E-state index in [4.69, 9.17) is 21.2 Å². The Morgan fingerprint density at radius 2 is 2.05 bits per heavy atom. The quantitative estimate of drug-likeness (QED) is 0.768. The summed E-state index contributed by atoms with van der Waals surface area (Å²) < 4.78 is 8.68. The van der Waals surface area contributed by atoms with Gasteiger partial charge in [-0.05, 0) is 26.0 Å². The largest absolute Gasteiger partial charge is 0.575 e. The predicted molar refractivity (Wildman–Crippen MR) is 76.1 cm³/mol. The molecule has 9 heteroatoms. The number of halogens is 1. The highest BCUT2D eigenvalue weighted by molar-refractivity contribution is 7.34. The molecule has 0 aliphatic heterocycles. The number of nitrogens with one attached hydrogen (secondary N) is 1. The zero-order chi connectivity index (χ0) is 16.0. The molecule has 3 atom stereocenters. The molecule has 0 spiro atoms. The number of amides is 1. The minimum absolute atomic E-state index is 0.190. The number of nitrogens with zero attached hydrogens (tertiary/aromatic N) is 1. The van der Waals surface area contributed by atoms with E-state index in [1.807, 2.05) is 0 Å². The van der Waals surface area contributed by atoms with Crippen molar-refractivity contribution in [2.24, 2.45) is 4.74 Å². The number of benzene rings is 1. The van der Waals surface area contributed by atoms with Crippen molar-refractivity contribution in [3.63, 3.8) is 0 Å². The molecule has 114 valence electrons. The third-order valence-corrected chi connectivity index (χ3v) is 3.59. The molecule has 0 radical (unpaired) electrons. The van der Waals surface area contributed by atoms with Crippen molar-refractivity contribution in [3.05, 3.63) is 29.3 Å². The maximum atomic E-state index is 11.7. The molecule has 21 heavy (non-hydrogen) atoms. The zero-order valence-corrected chi connectivity index (χ0v) is 13.0. The molecular formula is C12H14ClN2O5P. The average molecular weight is 333 g/mol. The molecule has 0 aliphatic rings. The van der Waals surface area contributed by atoms with Gasteiger partial charge in [0.15, 0.2) is 6.04 Å². The molecule has 0 fully saturated rings. The van der Waals surface area contributed by atoms with Crippen LogP contribution in [0.1, 0.15) is 13.8 Å². The second kappa shape index (κ2) is 7.93. The highest BCUT2D eigenvalue weighted by atomic mass is 35.5. The van der Waals surface area contributed by atoms with E-state index < -0.39 is 32.1 Å². The fourth-order valence-electron chi connectivity index (χ4n) is 1.22. The van der Waals surface area contributed by atoms with Gasteiger partial charge in [0.2, 0.25) is 11.7 Å². The van der Waals surface area contributed by atoms with E-state index in [0.717, 1.165) is 0 Å². The first-order valence-corrected chi connectivity index (χ1v) is 7.45. The number of hydrogen-bond donors (Lipinski definition) is 2. The van der Waals surface area contributed by atoms with Gasteiger partial charge in [-0.15, -0.1) is 0 Å². The number of para-hydroxylation sites is 1. The summed E-state index contributed by atoms with van der Waals surface area (Å²) in [5, 5.41) is 11.2. The first kappa shape index (κ1) is 17.4. The Kier molecular flexibility index (Phi) is 6.55. The van der Waals surface area contributed by atoms with Gasteiger partial charge in [0.05, 0.1) is 5.02 Å². The van der Waals surface area contributed by atoms with Gasteiger partial charge < -0.3 is 15.3 Å². The highest BCUT2D eigenvalue weighted by Crippen LogP contribution is 2.30. The molecular weight excluding hydrogens is 319 g/mol. The Morgan fingerprint density at radius 3 is 2.62 bits per heavy atom. The second-order valence-electron chi connectivity index (χ2n) is 4.12. The number of carbonyl (C=O) groups is 2. The van der Waals surface area contributed by atoms with Crippen LogP contribution < -0.4 is 14.7 Å². The summed E-state index contributed by atoms with van der Waals surface area (Å²) in [5.74, 6) is -1.64. The molecule has 1 amide bonds. The summed E-state index contributed by atoms with van der Waals surface area (Å²) in [6, 6.07) is 4.33. The molecule has 1 aromatic rings. The van der Waals surface area contributed by atoms with Gasteiger partial charge in [0, 0.05) is 0 Å². The van der Waals surface area contributed by atoms with Crippen molar-refractivity contribution in [3.8, 4) is 5.75 Å². The van der Waals surface area contributed by atoms with Crippen molar-refractivity contribution in [1.29, 1.82) is 0 Å². The number of rotatable bonds is 6. The minimum atomic E-state index is -2.50. The lowest BCUT2D eigenvalue weighted by molar-refractivity contribution is -0.169. The maximum Gasteiger partial charge on any atom is 0.395 e. The molecule has 7 nitrogen and oxygen atoms in total. The monoisotopic (exact) mass is 332 g/mol. The van der Waals surface area contributed by atoms with Crippen LogP contribution in [0.5, 0.6) is 5.75 Å². The molecule has 0 bridgehead atoms. The van der Waals surface area contributed by atoms with Gasteiger partial charge in [0.25, 0.3) is 0 Å². The van der Waals surface area contributed by atoms with E-state index in [1.54, 1.807) is 18.2 Å². The highest BCUT2D eigenvalue weighted by Gasteiger charge is 2.21.